The molecule has 0 saturated heterocycles. The molecule has 236 valence electrons. The van der Waals surface area contributed by atoms with Crippen LogP contribution in [-0.2, 0) is 32.6 Å². The van der Waals surface area contributed by atoms with Crippen LogP contribution in [0.3, 0.4) is 0 Å². The minimum Gasteiger partial charge on any atom is -0.352 e. The number of hydrogen-bond acceptors (Lipinski definition) is 4. The Balaban J connectivity index is 1.60. The molecule has 1 aliphatic rings. The van der Waals surface area contributed by atoms with Crippen LogP contribution >= 0.6 is 11.6 Å². The van der Waals surface area contributed by atoms with Crippen molar-refractivity contribution in [3.8, 4) is 0 Å². The molecule has 0 aromatic heterocycles. The van der Waals surface area contributed by atoms with E-state index >= 15 is 0 Å². The summed E-state index contributed by atoms with van der Waals surface area (Å²) >= 11 is 6.30. The topological polar surface area (TPSA) is 86.8 Å². The number of amides is 2. The van der Waals surface area contributed by atoms with Crippen LogP contribution in [0.25, 0.3) is 0 Å². The highest BCUT2D eigenvalue weighted by atomic mass is 35.5. The molecule has 1 N–H and O–H groups in total. The molecule has 0 spiro atoms. The molecule has 1 atom stereocenters. The van der Waals surface area contributed by atoms with Crippen molar-refractivity contribution in [2.24, 2.45) is 0 Å². The quantitative estimate of drug-likeness (QED) is 0.229. The number of halogens is 1. The normalized spacial score (nSPS) is 14.5. The Morgan fingerprint density at radius 1 is 0.932 bits per heavy atom. The van der Waals surface area contributed by atoms with Gasteiger partial charge in [-0.05, 0) is 61.9 Å². The summed E-state index contributed by atoms with van der Waals surface area (Å²) in [5.41, 5.74) is 4.14. The number of hydrogen-bond donors (Lipinski definition) is 1. The van der Waals surface area contributed by atoms with E-state index in [0.29, 0.717) is 22.7 Å². The second-order valence-corrected chi connectivity index (χ2v) is 14.2. The van der Waals surface area contributed by atoms with Gasteiger partial charge in [0.15, 0.2) is 0 Å². The van der Waals surface area contributed by atoms with Crippen LogP contribution in [0.15, 0.2) is 72.8 Å². The number of benzene rings is 3. The third-order valence-electron chi connectivity index (χ3n) is 8.32. The molecule has 0 radical (unpaired) electrons. The fourth-order valence-electron chi connectivity index (χ4n) is 5.95. The predicted molar refractivity (Wildman–Crippen MR) is 178 cm³/mol. The average molecular weight is 638 g/mol. The summed E-state index contributed by atoms with van der Waals surface area (Å²) < 4.78 is 26.9. The summed E-state index contributed by atoms with van der Waals surface area (Å²) in [5.74, 6) is -0.337. The number of carbonyl (C=O) groups is 2. The molecule has 3 aromatic rings. The van der Waals surface area contributed by atoms with Gasteiger partial charge in [-0.2, -0.15) is 0 Å². The Kier molecular flexibility index (Phi) is 11.9. The zero-order valence-corrected chi connectivity index (χ0v) is 27.5. The van der Waals surface area contributed by atoms with Gasteiger partial charge in [-0.15, -0.1) is 0 Å². The van der Waals surface area contributed by atoms with E-state index in [1.165, 1.54) is 10.7 Å². The molecular formula is C35H44ClN3O4S. The first-order chi connectivity index (χ1) is 21.0. The van der Waals surface area contributed by atoms with Crippen molar-refractivity contribution in [1.82, 2.24) is 10.2 Å². The lowest BCUT2D eigenvalue weighted by atomic mass is 9.94. The van der Waals surface area contributed by atoms with Crippen molar-refractivity contribution < 1.29 is 18.0 Å². The van der Waals surface area contributed by atoms with Gasteiger partial charge in [-0.3, -0.25) is 13.9 Å². The minimum atomic E-state index is -3.63. The molecule has 1 saturated carbocycles. The molecule has 0 bridgehead atoms. The van der Waals surface area contributed by atoms with Crippen LogP contribution in [-0.4, -0.2) is 50.0 Å². The number of nitrogens with one attached hydrogen (secondary N) is 1. The first-order valence-corrected chi connectivity index (χ1v) is 17.7. The van der Waals surface area contributed by atoms with E-state index in [0.717, 1.165) is 48.6 Å². The number of nitrogens with zero attached hydrogens (tertiary/aromatic N) is 2. The van der Waals surface area contributed by atoms with Crippen molar-refractivity contribution >= 4 is 39.1 Å². The van der Waals surface area contributed by atoms with Crippen molar-refractivity contribution in [1.29, 1.82) is 0 Å². The maximum Gasteiger partial charge on any atom is 0.243 e. The lowest BCUT2D eigenvalue weighted by Crippen LogP contribution is -2.53. The van der Waals surface area contributed by atoms with Gasteiger partial charge in [-0.25, -0.2) is 8.42 Å². The third kappa shape index (κ3) is 9.32. The predicted octanol–water partition coefficient (Wildman–Crippen LogP) is 6.59. The standard InChI is InChI=1S/C35H44ClN3O4S/c1-26-13-10-16-29(23-26)25-38(33(24-28-14-6-4-7-15-28)35(41)37-30-17-8-5-9-18-30)34(40)21-12-22-39(44(3,42)43)32-20-11-19-31(36)27(32)2/h4,6-7,10-11,13-16,19-20,23,30,33H,5,8-9,12,17-18,21-22,24-25H2,1-3H3,(H,37,41). The summed E-state index contributed by atoms with van der Waals surface area (Å²) in [6, 6.07) is 22.3. The lowest BCUT2D eigenvalue weighted by molar-refractivity contribution is -0.141. The first-order valence-electron chi connectivity index (χ1n) is 15.4. The van der Waals surface area contributed by atoms with Gasteiger partial charge in [0.25, 0.3) is 0 Å². The number of sulfonamides is 1. The van der Waals surface area contributed by atoms with Gasteiger partial charge in [0, 0.05) is 37.0 Å². The number of carbonyl (C=O) groups excluding carboxylic acids is 2. The maximum absolute atomic E-state index is 14.1. The Bertz CT molecular complexity index is 1520. The van der Waals surface area contributed by atoms with Crippen molar-refractivity contribution in [3.63, 3.8) is 0 Å². The Hall–Kier alpha value is -3.36. The van der Waals surface area contributed by atoms with Crippen molar-refractivity contribution in [2.75, 3.05) is 17.1 Å². The molecule has 9 heteroatoms. The third-order valence-corrected chi connectivity index (χ3v) is 9.91. The molecule has 0 aliphatic heterocycles. The summed E-state index contributed by atoms with van der Waals surface area (Å²) in [7, 11) is -3.63. The van der Waals surface area contributed by atoms with Gasteiger partial charge in [-0.1, -0.05) is 97.1 Å². The van der Waals surface area contributed by atoms with Crippen LogP contribution < -0.4 is 9.62 Å². The number of aryl methyl sites for hydroxylation is 1. The largest absolute Gasteiger partial charge is 0.352 e. The van der Waals surface area contributed by atoms with E-state index in [2.05, 4.69) is 5.32 Å². The van der Waals surface area contributed by atoms with E-state index in [1.54, 1.807) is 30.0 Å². The molecular weight excluding hydrogens is 594 g/mol. The minimum absolute atomic E-state index is 0.0828. The highest BCUT2D eigenvalue weighted by Gasteiger charge is 2.32. The number of rotatable bonds is 13. The molecule has 0 heterocycles. The van der Waals surface area contributed by atoms with Gasteiger partial charge in [0.2, 0.25) is 21.8 Å². The monoisotopic (exact) mass is 637 g/mol. The summed E-state index contributed by atoms with van der Waals surface area (Å²) in [6.45, 7) is 4.18. The van der Waals surface area contributed by atoms with Gasteiger partial charge in [0.1, 0.15) is 6.04 Å². The Morgan fingerprint density at radius 3 is 2.30 bits per heavy atom. The van der Waals surface area contributed by atoms with Crippen LogP contribution in [0.4, 0.5) is 5.69 Å². The lowest BCUT2D eigenvalue weighted by Gasteiger charge is -2.34. The average Bonchev–Trinajstić information content (AvgIpc) is 2.99. The second kappa shape index (κ2) is 15.6. The van der Waals surface area contributed by atoms with E-state index < -0.39 is 16.1 Å². The van der Waals surface area contributed by atoms with E-state index in [-0.39, 0.29) is 43.8 Å². The zero-order valence-electron chi connectivity index (χ0n) is 26.0. The van der Waals surface area contributed by atoms with Gasteiger partial charge >= 0.3 is 0 Å². The molecule has 1 unspecified atom stereocenters. The van der Waals surface area contributed by atoms with E-state index in [9.17, 15) is 18.0 Å². The summed E-state index contributed by atoms with van der Waals surface area (Å²) in [6.07, 6.45) is 7.14. The fourth-order valence-corrected chi connectivity index (χ4v) is 7.14. The molecule has 44 heavy (non-hydrogen) atoms. The second-order valence-electron chi connectivity index (χ2n) is 11.9. The maximum atomic E-state index is 14.1. The molecule has 1 fully saturated rings. The first kappa shape index (κ1) is 33.5. The SMILES string of the molecule is Cc1cccc(CN(C(=O)CCCN(c2cccc(Cl)c2C)S(C)(=O)=O)C(Cc2ccccc2)C(=O)NC2CCCCC2)c1. The highest BCUT2D eigenvalue weighted by molar-refractivity contribution is 7.92. The fraction of sp³-hybridized carbons (Fsp3) is 0.429. The van der Waals surface area contributed by atoms with Crippen molar-refractivity contribution in [2.45, 2.75) is 83.8 Å². The van der Waals surface area contributed by atoms with Crippen LogP contribution in [0, 0.1) is 13.8 Å². The molecule has 4 rings (SSSR count). The van der Waals surface area contributed by atoms with Crippen LogP contribution in [0.2, 0.25) is 5.02 Å². The molecule has 2 amide bonds. The van der Waals surface area contributed by atoms with E-state index in [1.807, 2.05) is 61.5 Å². The van der Waals surface area contributed by atoms with Gasteiger partial charge < -0.3 is 10.2 Å². The van der Waals surface area contributed by atoms with E-state index in [4.69, 9.17) is 11.6 Å². The Labute approximate surface area is 267 Å². The smallest absolute Gasteiger partial charge is 0.243 e. The molecule has 1 aliphatic carbocycles. The number of anilines is 1. The zero-order chi connectivity index (χ0) is 31.7. The summed E-state index contributed by atoms with van der Waals surface area (Å²) in [5, 5.41) is 3.74. The van der Waals surface area contributed by atoms with Crippen LogP contribution in [0.5, 0.6) is 0 Å². The summed E-state index contributed by atoms with van der Waals surface area (Å²) in [4.78, 5) is 29.8. The molecule has 3 aromatic carbocycles. The Morgan fingerprint density at radius 2 is 1.61 bits per heavy atom. The van der Waals surface area contributed by atoms with Crippen molar-refractivity contribution in [3.05, 3.63) is 100 Å². The van der Waals surface area contributed by atoms with Crippen LogP contribution in [0.1, 0.15) is 67.2 Å². The molecule has 7 nitrogen and oxygen atoms in total. The van der Waals surface area contributed by atoms with Gasteiger partial charge in [0.05, 0.1) is 11.9 Å². The highest BCUT2D eigenvalue weighted by Crippen LogP contribution is 2.29.